The van der Waals surface area contributed by atoms with E-state index < -0.39 is 12.0 Å². The highest BCUT2D eigenvalue weighted by Gasteiger charge is 2.35. The van der Waals surface area contributed by atoms with Gasteiger partial charge in [-0.2, -0.15) is 0 Å². The van der Waals surface area contributed by atoms with E-state index in [1.807, 2.05) is 68.4 Å². The lowest BCUT2D eigenvalue weighted by Crippen LogP contribution is -2.40. The average molecular weight is 608 g/mol. The molecule has 39 heavy (non-hydrogen) atoms. The van der Waals surface area contributed by atoms with Crippen LogP contribution in [0.25, 0.3) is 17.4 Å². The first-order valence-electron chi connectivity index (χ1n) is 12.6. The summed E-state index contributed by atoms with van der Waals surface area (Å²) in [5.74, 6) is 1.30. The number of nitrogens with zero attached hydrogens (tertiary/aromatic N) is 2. The first kappa shape index (κ1) is 26.9. The molecule has 5 rings (SSSR count). The SMILES string of the molecule is CCOC(=O)C1=C(C)N=c2s/c(=C/c3ccc(-c4ccc(C)cc4Br)o3)c(=O)n2[C@@H]1c1ccccc1OCC. The summed E-state index contributed by atoms with van der Waals surface area (Å²) in [6, 6.07) is 16.4. The number of carbonyl (C=O) groups is 1. The van der Waals surface area contributed by atoms with Crippen molar-refractivity contribution >= 4 is 39.3 Å². The van der Waals surface area contributed by atoms with Crippen LogP contribution in [0.15, 0.2) is 84.5 Å². The van der Waals surface area contributed by atoms with Crippen LogP contribution in [0.3, 0.4) is 0 Å². The number of allylic oxidation sites excluding steroid dienone is 1. The minimum absolute atomic E-state index is 0.206. The number of rotatable bonds is 7. The molecule has 1 aliphatic heterocycles. The lowest BCUT2D eigenvalue weighted by molar-refractivity contribution is -0.139. The van der Waals surface area contributed by atoms with Gasteiger partial charge in [-0.25, -0.2) is 9.79 Å². The van der Waals surface area contributed by atoms with Crippen molar-refractivity contribution in [1.29, 1.82) is 0 Å². The fourth-order valence-electron chi connectivity index (χ4n) is 4.60. The minimum Gasteiger partial charge on any atom is -0.494 e. The van der Waals surface area contributed by atoms with Gasteiger partial charge in [0.25, 0.3) is 5.56 Å². The van der Waals surface area contributed by atoms with Gasteiger partial charge < -0.3 is 13.9 Å². The monoisotopic (exact) mass is 606 g/mol. The van der Waals surface area contributed by atoms with Crippen LogP contribution in [-0.2, 0) is 9.53 Å². The number of ether oxygens (including phenoxy) is 2. The van der Waals surface area contributed by atoms with E-state index in [0.29, 0.717) is 50.0 Å². The molecule has 0 aliphatic carbocycles. The highest BCUT2D eigenvalue weighted by Crippen LogP contribution is 2.36. The summed E-state index contributed by atoms with van der Waals surface area (Å²) >= 11 is 4.85. The van der Waals surface area contributed by atoms with Gasteiger partial charge in [-0.05, 0) is 63.6 Å². The molecule has 2 aromatic heterocycles. The molecule has 7 nitrogen and oxygen atoms in total. The molecule has 2 aromatic carbocycles. The topological polar surface area (TPSA) is 83.0 Å². The van der Waals surface area contributed by atoms with E-state index in [2.05, 4.69) is 20.9 Å². The number of aryl methyl sites for hydroxylation is 1. The highest BCUT2D eigenvalue weighted by atomic mass is 79.9. The molecule has 0 unspecified atom stereocenters. The Morgan fingerprint density at radius 2 is 1.92 bits per heavy atom. The molecular formula is C30H27BrN2O5S. The van der Waals surface area contributed by atoms with Crippen molar-refractivity contribution in [2.45, 2.75) is 33.7 Å². The predicted octanol–water partition coefficient (Wildman–Crippen LogP) is 5.53. The third-order valence-corrected chi connectivity index (χ3v) is 7.96. The second-order valence-corrected chi connectivity index (χ2v) is 10.8. The summed E-state index contributed by atoms with van der Waals surface area (Å²) in [4.78, 5) is 32.2. The van der Waals surface area contributed by atoms with Gasteiger partial charge in [0.05, 0.1) is 29.0 Å². The Kier molecular flexibility index (Phi) is 7.72. The highest BCUT2D eigenvalue weighted by molar-refractivity contribution is 9.10. The van der Waals surface area contributed by atoms with E-state index in [9.17, 15) is 9.59 Å². The van der Waals surface area contributed by atoms with Gasteiger partial charge in [-0.15, -0.1) is 0 Å². The Bertz CT molecular complexity index is 1780. The molecule has 0 bridgehead atoms. The zero-order valence-corrected chi connectivity index (χ0v) is 24.4. The number of esters is 1. The minimum atomic E-state index is -0.749. The lowest BCUT2D eigenvalue weighted by atomic mass is 9.95. The molecule has 3 heterocycles. The molecule has 0 radical (unpaired) electrons. The van der Waals surface area contributed by atoms with Crippen molar-refractivity contribution in [3.05, 3.63) is 107 Å². The fourth-order valence-corrected chi connectivity index (χ4v) is 6.32. The van der Waals surface area contributed by atoms with Crippen LogP contribution in [0.2, 0.25) is 0 Å². The Morgan fingerprint density at radius 1 is 1.13 bits per heavy atom. The largest absolute Gasteiger partial charge is 0.494 e. The zero-order chi connectivity index (χ0) is 27.7. The molecule has 1 atom stereocenters. The molecule has 200 valence electrons. The normalized spacial score (nSPS) is 15.2. The van der Waals surface area contributed by atoms with Gasteiger partial charge in [0, 0.05) is 21.7 Å². The van der Waals surface area contributed by atoms with E-state index in [1.165, 1.54) is 11.3 Å². The number of aromatic nitrogens is 1. The number of hydrogen-bond donors (Lipinski definition) is 0. The maximum Gasteiger partial charge on any atom is 0.338 e. The van der Waals surface area contributed by atoms with Crippen LogP contribution in [-0.4, -0.2) is 23.8 Å². The number of hydrogen-bond acceptors (Lipinski definition) is 7. The third-order valence-electron chi connectivity index (χ3n) is 6.32. The smallest absolute Gasteiger partial charge is 0.338 e. The number of furan rings is 1. The Morgan fingerprint density at radius 3 is 2.67 bits per heavy atom. The van der Waals surface area contributed by atoms with Crippen LogP contribution < -0.4 is 19.6 Å². The number of carbonyl (C=O) groups excluding carboxylic acids is 1. The quantitative estimate of drug-likeness (QED) is 0.258. The second-order valence-electron chi connectivity index (χ2n) is 8.96. The second kappa shape index (κ2) is 11.2. The molecule has 0 fully saturated rings. The van der Waals surface area contributed by atoms with Crippen molar-refractivity contribution in [2.75, 3.05) is 13.2 Å². The van der Waals surface area contributed by atoms with Crippen LogP contribution in [0.4, 0.5) is 0 Å². The molecule has 0 spiro atoms. The van der Waals surface area contributed by atoms with Crippen molar-refractivity contribution in [2.24, 2.45) is 4.99 Å². The average Bonchev–Trinajstić information content (AvgIpc) is 3.48. The van der Waals surface area contributed by atoms with E-state index >= 15 is 0 Å². The van der Waals surface area contributed by atoms with Crippen LogP contribution in [0, 0.1) is 6.92 Å². The van der Waals surface area contributed by atoms with Crippen molar-refractivity contribution in [3.63, 3.8) is 0 Å². The summed E-state index contributed by atoms with van der Waals surface area (Å²) in [5.41, 5.74) is 3.28. The van der Waals surface area contributed by atoms with Gasteiger partial charge in [-0.3, -0.25) is 9.36 Å². The van der Waals surface area contributed by atoms with Gasteiger partial charge in [0.2, 0.25) is 0 Å². The number of benzene rings is 2. The van der Waals surface area contributed by atoms with Gasteiger partial charge >= 0.3 is 5.97 Å². The summed E-state index contributed by atoms with van der Waals surface area (Å²) < 4.78 is 20.3. The maximum atomic E-state index is 13.9. The molecule has 0 saturated heterocycles. The summed E-state index contributed by atoms with van der Waals surface area (Å²) in [7, 11) is 0. The molecule has 0 saturated carbocycles. The van der Waals surface area contributed by atoms with Crippen molar-refractivity contribution in [3.8, 4) is 17.1 Å². The van der Waals surface area contributed by atoms with Crippen LogP contribution >= 0.6 is 27.3 Å². The summed E-state index contributed by atoms with van der Waals surface area (Å²) in [6.45, 7) is 8.07. The lowest BCUT2D eigenvalue weighted by Gasteiger charge is -2.26. The molecule has 0 N–H and O–H groups in total. The molecule has 1 aliphatic rings. The van der Waals surface area contributed by atoms with Gasteiger partial charge in [-0.1, -0.05) is 51.5 Å². The maximum absolute atomic E-state index is 13.9. The molecule has 4 aromatic rings. The van der Waals surface area contributed by atoms with Crippen LogP contribution in [0.1, 0.15) is 43.7 Å². The van der Waals surface area contributed by atoms with Crippen LogP contribution in [0.5, 0.6) is 5.75 Å². The molecule has 0 amide bonds. The Balaban J connectivity index is 1.66. The molecular weight excluding hydrogens is 580 g/mol. The van der Waals surface area contributed by atoms with Gasteiger partial charge in [0.15, 0.2) is 4.80 Å². The Labute approximate surface area is 237 Å². The third kappa shape index (κ3) is 5.16. The number of para-hydroxylation sites is 1. The summed E-state index contributed by atoms with van der Waals surface area (Å²) in [6.07, 6.45) is 1.71. The molecule has 9 heteroatoms. The van der Waals surface area contributed by atoms with E-state index in [0.717, 1.165) is 15.6 Å². The first-order valence-corrected chi connectivity index (χ1v) is 14.2. The standard InChI is InChI=1S/C30H27BrN2O5S/c1-5-36-23-10-8-7-9-21(23)27-26(29(35)37-6-2)18(4)32-30-33(27)28(34)25(39-30)16-19-12-14-24(38-19)20-13-11-17(3)15-22(20)31/h7-16,27H,5-6H2,1-4H3/b25-16+/t27-/m1/s1. The van der Waals surface area contributed by atoms with E-state index in [1.54, 1.807) is 24.5 Å². The number of halogens is 1. The summed E-state index contributed by atoms with van der Waals surface area (Å²) in [5, 5.41) is 0. The predicted molar refractivity (Wildman–Crippen MR) is 155 cm³/mol. The van der Waals surface area contributed by atoms with E-state index in [-0.39, 0.29) is 12.2 Å². The van der Waals surface area contributed by atoms with Gasteiger partial charge in [0.1, 0.15) is 23.3 Å². The first-order chi connectivity index (χ1) is 18.8. The van der Waals surface area contributed by atoms with Crippen molar-refractivity contribution in [1.82, 2.24) is 4.57 Å². The Hall–Kier alpha value is -3.69. The number of thiazole rings is 1. The fraction of sp³-hybridized carbons (Fsp3) is 0.233. The zero-order valence-electron chi connectivity index (χ0n) is 22.0. The number of fused-ring (bicyclic) bond motifs is 1. The van der Waals surface area contributed by atoms with E-state index in [4.69, 9.17) is 13.9 Å². The van der Waals surface area contributed by atoms with Crippen molar-refractivity contribution < 1.29 is 18.7 Å².